The topological polar surface area (TPSA) is 118 Å². The summed E-state index contributed by atoms with van der Waals surface area (Å²) < 4.78 is 0. The normalized spacial score (nSPS) is 12.2. The Morgan fingerprint density at radius 1 is 1.50 bits per heavy atom. The molecule has 0 saturated heterocycles. The predicted molar refractivity (Wildman–Crippen MR) is 75.6 cm³/mol. The lowest BCUT2D eigenvalue weighted by Gasteiger charge is -2.15. The van der Waals surface area contributed by atoms with Crippen molar-refractivity contribution in [1.29, 1.82) is 0 Å². The summed E-state index contributed by atoms with van der Waals surface area (Å²) in [6, 6.07) is 3.84. The smallest absolute Gasteiger partial charge is 0.292 e. The fourth-order valence-electron chi connectivity index (χ4n) is 1.85. The molecule has 110 valence electrons. The summed E-state index contributed by atoms with van der Waals surface area (Å²) in [5.41, 5.74) is 5.34. The molecule has 1 aromatic rings. The van der Waals surface area contributed by atoms with E-state index in [-0.39, 0.29) is 23.5 Å². The van der Waals surface area contributed by atoms with E-state index in [0.29, 0.717) is 12.3 Å². The van der Waals surface area contributed by atoms with Crippen LogP contribution in [0, 0.1) is 16.0 Å². The number of nitro benzene ring substituents is 1. The number of amides is 1. The monoisotopic (exact) mass is 281 g/mol. The van der Waals surface area contributed by atoms with Gasteiger partial charge in [0, 0.05) is 18.2 Å². The number of nitrogens with zero attached hydrogens (tertiary/aromatic N) is 1. The Labute approximate surface area is 116 Å². The van der Waals surface area contributed by atoms with Crippen molar-refractivity contribution in [3.63, 3.8) is 0 Å². The first-order valence-corrected chi connectivity index (χ1v) is 6.31. The second-order valence-electron chi connectivity index (χ2n) is 5.02. The molecule has 20 heavy (non-hydrogen) atoms. The van der Waals surface area contributed by atoms with Crippen molar-refractivity contribution in [3.8, 4) is 0 Å². The number of nitrogens with one attached hydrogen (secondary N) is 1. The Morgan fingerprint density at radius 3 is 2.65 bits per heavy atom. The summed E-state index contributed by atoms with van der Waals surface area (Å²) in [5, 5.41) is 23.5. The first-order valence-electron chi connectivity index (χ1n) is 6.31. The van der Waals surface area contributed by atoms with Crippen molar-refractivity contribution < 1.29 is 14.8 Å². The summed E-state index contributed by atoms with van der Waals surface area (Å²) in [6.07, 6.45) is -0.0390. The first-order chi connectivity index (χ1) is 9.31. The molecule has 0 aliphatic carbocycles. The van der Waals surface area contributed by atoms with Gasteiger partial charge in [-0.05, 0) is 24.5 Å². The van der Waals surface area contributed by atoms with Crippen molar-refractivity contribution in [1.82, 2.24) is 0 Å². The lowest BCUT2D eigenvalue weighted by Crippen LogP contribution is -2.22. The second kappa shape index (κ2) is 6.85. The lowest BCUT2D eigenvalue weighted by molar-refractivity contribution is -0.384. The number of hydrogen-bond acceptors (Lipinski definition) is 5. The maximum atomic E-state index is 11.1. The van der Waals surface area contributed by atoms with Gasteiger partial charge in [-0.3, -0.25) is 14.9 Å². The van der Waals surface area contributed by atoms with Crippen LogP contribution in [0.5, 0.6) is 0 Å². The lowest BCUT2D eigenvalue weighted by atomic mass is 10.1. The highest BCUT2D eigenvalue weighted by atomic mass is 16.6. The first kappa shape index (κ1) is 15.9. The van der Waals surface area contributed by atoms with Crippen LogP contribution in [-0.2, 0) is 0 Å². The number of nitrogens with two attached hydrogens (primary N) is 1. The number of carbonyl (C=O) groups is 1. The molecule has 1 rings (SSSR count). The highest BCUT2D eigenvalue weighted by Gasteiger charge is 2.17. The average Bonchev–Trinajstić information content (AvgIpc) is 2.34. The number of anilines is 1. The molecule has 1 unspecified atom stereocenters. The maximum absolute atomic E-state index is 11.1. The minimum Gasteiger partial charge on any atom is -0.391 e. The van der Waals surface area contributed by atoms with E-state index in [0.717, 1.165) is 0 Å². The molecule has 0 aliphatic rings. The molecule has 1 atom stereocenters. The summed E-state index contributed by atoms with van der Waals surface area (Å²) in [4.78, 5) is 21.5. The maximum Gasteiger partial charge on any atom is 0.292 e. The van der Waals surface area contributed by atoms with Crippen LogP contribution in [0.2, 0.25) is 0 Å². The number of aliphatic hydroxyl groups is 1. The zero-order valence-electron chi connectivity index (χ0n) is 11.5. The Balaban J connectivity index is 2.88. The third-order valence-corrected chi connectivity index (χ3v) is 2.75. The minimum atomic E-state index is -0.661. The number of aliphatic hydroxyl groups excluding tert-OH is 1. The molecule has 1 amide bonds. The van der Waals surface area contributed by atoms with Crippen molar-refractivity contribution in [2.24, 2.45) is 11.7 Å². The number of benzene rings is 1. The molecule has 0 saturated carbocycles. The Bertz CT molecular complexity index is 502. The van der Waals surface area contributed by atoms with Crippen LogP contribution in [0.3, 0.4) is 0 Å². The van der Waals surface area contributed by atoms with Gasteiger partial charge in [0.25, 0.3) is 5.69 Å². The zero-order chi connectivity index (χ0) is 15.3. The van der Waals surface area contributed by atoms with Gasteiger partial charge in [0.2, 0.25) is 5.91 Å². The van der Waals surface area contributed by atoms with Gasteiger partial charge in [-0.1, -0.05) is 13.8 Å². The van der Waals surface area contributed by atoms with Gasteiger partial charge in [0.15, 0.2) is 0 Å². The Morgan fingerprint density at radius 2 is 2.15 bits per heavy atom. The van der Waals surface area contributed by atoms with Crippen molar-refractivity contribution in [2.75, 3.05) is 11.9 Å². The summed E-state index contributed by atoms with van der Waals surface area (Å²) in [7, 11) is 0. The SMILES string of the molecule is CC(C)CC(O)CNc1cc(C(N)=O)ccc1[N+](=O)[O-]. The molecule has 0 fully saturated rings. The Kier molecular flexibility index (Phi) is 5.45. The summed E-state index contributed by atoms with van der Waals surface area (Å²) in [6.45, 7) is 4.11. The molecule has 0 aliphatic heterocycles. The van der Waals surface area contributed by atoms with E-state index in [9.17, 15) is 20.0 Å². The van der Waals surface area contributed by atoms with E-state index >= 15 is 0 Å². The van der Waals surface area contributed by atoms with E-state index in [1.807, 2.05) is 13.8 Å². The molecule has 7 heteroatoms. The molecule has 0 radical (unpaired) electrons. The van der Waals surface area contributed by atoms with Crippen LogP contribution >= 0.6 is 0 Å². The van der Waals surface area contributed by atoms with Gasteiger partial charge in [-0.2, -0.15) is 0 Å². The number of nitro groups is 1. The summed E-state index contributed by atoms with van der Waals surface area (Å²) >= 11 is 0. The zero-order valence-corrected chi connectivity index (χ0v) is 11.5. The van der Waals surface area contributed by atoms with E-state index < -0.39 is 16.9 Å². The average molecular weight is 281 g/mol. The number of hydrogen-bond donors (Lipinski definition) is 3. The van der Waals surface area contributed by atoms with Crippen LogP contribution in [-0.4, -0.2) is 28.6 Å². The molecule has 0 spiro atoms. The molecule has 1 aromatic carbocycles. The van der Waals surface area contributed by atoms with E-state index in [4.69, 9.17) is 5.73 Å². The fourth-order valence-corrected chi connectivity index (χ4v) is 1.85. The van der Waals surface area contributed by atoms with E-state index in [1.165, 1.54) is 18.2 Å². The Hall–Kier alpha value is -2.15. The molecule has 0 bridgehead atoms. The highest BCUT2D eigenvalue weighted by Crippen LogP contribution is 2.25. The predicted octanol–water partition coefficient (Wildman–Crippen LogP) is 1.51. The standard InChI is InChI=1S/C13H19N3O4/c1-8(2)5-10(17)7-15-11-6-9(13(14)18)3-4-12(11)16(19)20/h3-4,6,8,10,15,17H,5,7H2,1-2H3,(H2,14,18). The number of carbonyl (C=O) groups excluding carboxylic acids is 1. The van der Waals surface area contributed by atoms with Gasteiger partial charge in [-0.25, -0.2) is 0 Å². The highest BCUT2D eigenvalue weighted by molar-refractivity contribution is 5.94. The van der Waals surface area contributed by atoms with Crippen LogP contribution < -0.4 is 11.1 Å². The molecule has 7 nitrogen and oxygen atoms in total. The van der Waals surface area contributed by atoms with Crippen molar-refractivity contribution in [2.45, 2.75) is 26.4 Å². The van der Waals surface area contributed by atoms with Crippen LogP contribution in [0.15, 0.2) is 18.2 Å². The third kappa shape index (κ3) is 4.51. The molecule has 4 N–H and O–H groups in total. The number of primary amides is 1. The second-order valence-corrected chi connectivity index (χ2v) is 5.02. The summed E-state index contributed by atoms with van der Waals surface area (Å²) in [5.74, 6) is -0.343. The van der Waals surface area contributed by atoms with E-state index in [2.05, 4.69) is 5.32 Å². The van der Waals surface area contributed by atoms with Crippen LogP contribution in [0.25, 0.3) is 0 Å². The van der Waals surface area contributed by atoms with Crippen molar-refractivity contribution >= 4 is 17.3 Å². The van der Waals surface area contributed by atoms with E-state index in [1.54, 1.807) is 0 Å². The van der Waals surface area contributed by atoms with Gasteiger partial charge in [-0.15, -0.1) is 0 Å². The third-order valence-electron chi connectivity index (χ3n) is 2.75. The minimum absolute atomic E-state index is 0.160. The largest absolute Gasteiger partial charge is 0.391 e. The molecular weight excluding hydrogens is 262 g/mol. The van der Waals surface area contributed by atoms with Gasteiger partial charge in [0.1, 0.15) is 5.69 Å². The number of rotatable bonds is 7. The van der Waals surface area contributed by atoms with Gasteiger partial charge < -0.3 is 16.2 Å². The van der Waals surface area contributed by atoms with Crippen LogP contribution in [0.4, 0.5) is 11.4 Å². The van der Waals surface area contributed by atoms with Crippen LogP contribution in [0.1, 0.15) is 30.6 Å². The van der Waals surface area contributed by atoms with Gasteiger partial charge >= 0.3 is 0 Å². The molecular formula is C13H19N3O4. The quantitative estimate of drug-likeness (QED) is 0.517. The van der Waals surface area contributed by atoms with Gasteiger partial charge in [0.05, 0.1) is 11.0 Å². The fraction of sp³-hybridized carbons (Fsp3) is 0.462. The molecule has 0 heterocycles. The molecule has 0 aromatic heterocycles. The van der Waals surface area contributed by atoms with Crippen molar-refractivity contribution in [3.05, 3.63) is 33.9 Å².